The molecule has 13 heteroatoms. The number of rotatable bonds is 8. The van der Waals surface area contributed by atoms with Crippen LogP contribution >= 0.6 is 34.8 Å². The van der Waals surface area contributed by atoms with Gasteiger partial charge in [-0.15, -0.1) is 0 Å². The van der Waals surface area contributed by atoms with E-state index in [2.05, 4.69) is 21.3 Å². The standard InChI is InChI=1S/C43H41Cl3N8O2/c1-25(31-13-11-28(44)21-33(31)46)53-24-49-38(27-8-6-5-7-9-27)40(53)37-32-14-12-29(45)22-34(32)51-39(37)41(55)54(48)36-20-26(23-47)10-15-35(36)52-18-16-30(17-19-52)50-42(56)43(2,3)4/h5-15,20-22,24-25,30,51H,16-19,48H2,1-4H3,(H,50,56)/t25-/m0/s1. The van der Waals surface area contributed by atoms with Gasteiger partial charge in [0.05, 0.1) is 46.8 Å². The lowest BCUT2D eigenvalue weighted by Crippen LogP contribution is -2.48. The number of benzene rings is 4. The summed E-state index contributed by atoms with van der Waals surface area (Å²) < 4.78 is 2.00. The SMILES string of the molecule is C[C@@H](c1ccc(Cl)cc1Cl)n1cnc(-c2ccccc2)c1-c1c(C(=O)N(N)c2cc(C#N)ccc2N2CCC(NC(=O)C(C)(C)C)CC2)[nH]c2cc(Cl)ccc12. The van der Waals surface area contributed by atoms with Gasteiger partial charge in [0.25, 0.3) is 5.91 Å². The molecule has 1 fully saturated rings. The van der Waals surface area contributed by atoms with Gasteiger partial charge in [0.15, 0.2) is 0 Å². The monoisotopic (exact) mass is 806 g/mol. The van der Waals surface area contributed by atoms with E-state index in [1.54, 1.807) is 42.7 Å². The van der Waals surface area contributed by atoms with Crippen LogP contribution in [0.4, 0.5) is 11.4 Å². The second kappa shape index (κ2) is 15.7. The van der Waals surface area contributed by atoms with E-state index in [-0.39, 0.29) is 23.7 Å². The van der Waals surface area contributed by atoms with Gasteiger partial charge in [-0.3, -0.25) is 9.59 Å². The van der Waals surface area contributed by atoms with Crippen molar-refractivity contribution in [2.75, 3.05) is 23.0 Å². The quantitative estimate of drug-likeness (QED) is 0.0796. The molecule has 2 amide bonds. The number of anilines is 2. The van der Waals surface area contributed by atoms with Crippen molar-refractivity contribution in [3.8, 4) is 28.6 Å². The number of H-pyrrole nitrogens is 1. The zero-order chi connectivity index (χ0) is 39.9. The van der Waals surface area contributed by atoms with Crippen LogP contribution < -0.4 is 21.1 Å². The van der Waals surface area contributed by atoms with Crippen molar-refractivity contribution in [2.24, 2.45) is 11.3 Å². The number of hydrazine groups is 1. The van der Waals surface area contributed by atoms with Crippen LogP contribution in [-0.2, 0) is 4.79 Å². The Morgan fingerprint density at radius 3 is 2.36 bits per heavy atom. The highest BCUT2D eigenvalue weighted by molar-refractivity contribution is 6.35. The van der Waals surface area contributed by atoms with Crippen LogP contribution in [0.2, 0.25) is 15.1 Å². The molecule has 1 aliphatic heterocycles. The maximum Gasteiger partial charge on any atom is 0.289 e. The zero-order valence-corrected chi connectivity index (χ0v) is 33.7. The smallest absolute Gasteiger partial charge is 0.289 e. The summed E-state index contributed by atoms with van der Waals surface area (Å²) in [5.41, 5.74) is 5.27. The number of fused-ring (bicyclic) bond motifs is 1. The van der Waals surface area contributed by atoms with Crippen LogP contribution in [0, 0.1) is 16.7 Å². The van der Waals surface area contributed by atoms with Gasteiger partial charge >= 0.3 is 0 Å². The van der Waals surface area contributed by atoms with Gasteiger partial charge < -0.3 is 19.8 Å². The molecule has 0 aliphatic carbocycles. The first-order valence-electron chi connectivity index (χ1n) is 18.3. The molecule has 0 radical (unpaired) electrons. The van der Waals surface area contributed by atoms with Crippen molar-refractivity contribution in [2.45, 2.75) is 52.6 Å². The molecule has 10 nitrogen and oxygen atoms in total. The van der Waals surface area contributed by atoms with Crippen molar-refractivity contribution in [1.29, 1.82) is 5.26 Å². The average molecular weight is 808 g/mol. The number of piperidine rings is 1. The molecule has 1 atom stereocenters. The lowest BCUT2D eigenvalue weighted by molar-refractivity contribution is -0.129. The number of halogens is 3. The number of nitriles is 1. The van der Waals surface area contributed by atoms with Gasteiger partial charge in [0.2, 0.25) is 5.91 Å². The summed E-state index contributed by atoms with van der Waals surface area (Å²) in [6.45, 7) is 8.91. The molecule has 6 aromatic rings. The van der Waals surface area contributed by atoms with Gasteiger partial charge in [-0.25, -0.2) is 15.8 Å². The minimum absolute atomic E-state index is 0.00610. The number of amides is 2. The van der Waals surface area contributed by atoms with E-state index in [0.29, 0.717) is 80.4 Å². The predicted octanol–water partition coefficient (Wildman–Crippen LogP) is 9.79. The summed E-state index contributed by atoms with van der Waals surface area (Å²) in [5.74, 6) is 6.35. The maximum absolute atomic E-state index is 15.0. The Kier molecular flexibility index (Phi) is 10.9. The molecular formula is C43H41Cl3N8O2. The molecule has 1 saturated heterocycles. The third-order valence-electron chi connectivity index (χ3n) is 10.3. The number of nitrogens with one attached hydrogen (secondary N) is 2. The van der Waals surface area contributed by atoms with Crippen LogP contribution in [0.15, 0.2) is 91.3 Å². The van der Waals surface area contributed by atoms with E-state index in [1.165, 1.54) is 0 Å². The molecule has 0 unspecified atom stereocenters. The number of nitrogens with zero attached hydrogens (tertiary/aromatic N) is 5. The summed E-state index contributed by atoms with van der Waals surface area (Å²) >= 11 is 19.6. The first kappa shape index (κ1) is 38.9. The number of carbonyl (C=O) groups is 2. The van der Waals surface area contributed by atoms with Gasteiger partial charge in [0, 0.05) is 61.6 Å². The van der Waals surface area contributed by atoms with Gasteiger partial charge in [0.1, 0.15) is 5.69 Å². The fourth-order valence-corrected chi connectivity index (χ4v) is 7.96. The fourth-order valence-electron chi connectivity index (χ4n) is 7.23. The number of imidazole rings is 1. The first-order chi connectivity index (χ1) is 26.7. The van der Waals surface area contributed by atoms with Crippen molar-refractivity contribution in [1.82, 2.24) is 19.9 Å². The summed E-state index contributed by atoms with van der Waals surface area (Å²) in [4.78, 5) is 38.2. The molecule has 4 N–H and O–H groups in total. The number of aromatic nitrogens is 3. The number of hydrogen-bond donors (Lipinski definition) is 3. The molecule has 1 aliphatic rings. The zero-order valence-electron chi connectivity index (χ0n) is 31.4. The van der Waals surface area contributed by atoms with E-state index in [0.717, 1.165) is 21.5 Å². The molecule has 4 aromatic carbocycles. The summed E-state index contributed by atoms with van der Waals surface area (Å²) in [7, 11) is 0. The lowest BCUT2D eigenvalue weighted by atomic mass is 9.94. The van der Waals surface area contributed by atoms with Crippen molar-refractivity contribution in [3.05, 3.63) is 123 Å². The fraction of sp³-hybridized carbons (Fsp3) is 0.256. The van der Waals surface area contributed by atoms with E-state index >= 15 is 4.79 Å². The van der Waals surface area contributed by atoms with Crippen molar-refractivity contribution >= 4 is 68.9 Å². The summed E-state index contributed by atoms with van der Waals surface area (Å²) in [5, 5.41) is 16.4. The molecular weight excluding hydrogens is 767 g/mol. The molecule has 2 aromatic heterocycles. The van der Waals surface area contributed by atoms with Gasteiger partial charge in [-0.2, -0.15) is 5.26 Å². The summed E-state index contributed by atoms with van der Waals surface area (Å²) in [6, 6.07) is 27.6. The largest absolute Gasteiger partial charge is 0.370 e. The number of hydrogen-bond acceptors (Lipinski definition) is 6. The molecule has 7 rings (SSSR count). The third kappa shape index (κ3) is 7.60. The molecule has 0 saturated carbocycles. The Morgan fingerprint density at radius 2 is 1.68 bits per heavy atom. The first-order valence-corrected chi connectivity index (χ1v) is 19.5. The number of carbonyl (C=O) groups excluding carboxylic acids is 2. The Morgan fingerprint density at radius 1 is 0.982 bits per heavy atom. The second-order valence-electron chi connectivity index (χ2n) is 15.1. The van der Waals surface area contributed by atoms with Crippen LogP contribution in [-0.4, -0.2) is 45.5 Å². The van der Waals surface area contributed by atoms with Crippen LogP contribution in [0.5, 0.6) is 0 Å². The average Bonchev–Trinajstić information content (AvgIpc) is 3.78. The van der Waals surface area contributed by atoms with Crippen molar-refractivity contribution < 1.29 is 9.59 Å². The third-order valence-corrected chi connectivity index (χ3v) is 11.1. The number of aromatic amines is 1. The Labute approximate surface area is 340 Å². The van der Waals surface area contributed by atoms with Crippen LogP contribution in [0.3, 0.4) is 0 Å². The van der Waals surface area contributed by atoms with E-state index < -0.39 is 11.3 Å². The normalized spacial score (nSPS) is 14.1. The number of nitrogens with two attached hydrogens (primary N) is 1. The van der Waals surface area contributed by atoms with E-state index in [9.17, 15) is 10.1 Å². The highest BCUT2D eigenvalue weighted by Crippen LogP contribution is 2.43. The molecule has 3 heterocycles. The minimum atomic E-state index is -0.542. The molecule has 0 bridgehead atoms. The lowest BCUT2D eigenvalue weighted by Gasteiger charge is -2.36. The summed E-state index contributed by atoms with van der Waals surface area (Å²) in [6.07, 6.45) is 3.15. The van der Waals surface area contributed by atoms with Gasteiger partial charge in [-0.1, -0.05) is 98.0 Å². The Hall–Kier alpha value is -5.31. The molecule has 56 heavy (non-hydrogen) atoms. The Balaban J connectivity index is 1.34. The van der Waals surface area contributed by atoms with Gasteiger partial charge in [-0.05, 0) is 67.8 Å². The van der Waals surface area contributed by atoms with Crippen LogP contribution in [0.1, 0.15) is 68.2 Å². The van der Waals surface area contributed by atoms with E-state index in [1.807, 2.05) is 80.8 Å². The van der Waals surface area contributed by atoms with E-state index in [4.69, 9.17) is 45.6 Å². The minimum Gasteiger partial charge on any atom is -0.370 e. The topological polar surface area (TPSA) is 136 Å². The highest BCUT2D eigenvalue weighted by atomic mass is 35.5. The molecule has 0 spiro atoms. The van der Waals surface area contributed by atoms with Crippen molar-refractivity contribution in [3.63, 3.8) is 0 Å². The predicted molar refractivity (Wildman–Crippen MR) is 225 cm³/mol. The maximum atomic E-state index is 15.0. The molecule has 286 valence electrons. The van der Waals surface area contributed by atoms with Crippen LogP contribution in [0.25, 0.3) is 33.4 Å². The highest BCUT2D eigenvalue weighted by Gasteiger charge is 2.32. The second-order valence-corrected chi connectivity index (χ2v) is 16.4. The Bertz CT molecular complexity index is 2490.